The molecule has 0 saturated carbocycles. The average Bonchev–Trinajstić information content (AvgIpc) is 2.40. The molecule has 0 aromatic carbocycles. The van der Waals surface area contributed by atoms with Crippen molar-refractivity contribution in [2.45, 2.75) is 19.4 Å². The first-order valence-electron chi connectivity index (χ1n) is 5.94. The van der Waals surface area contributed by atoms with Crippen LogP contribution in [0.5, 0.6) is 0 Å². The molecule has 1 heterocycles. The van der Waals surface area contributed by atoms with Crippen LogP contribution in [0.1, 0.15) is 13.3 Å². The number of rotatable bonds is 4. The van der Waals surface area contributed by atoms with Gasteiger partial charge in [0.25, 0.3) is 0 Å². The van der Waals surface area contributed by atoms with Crippen molar-refractivity contribution in [1.82, 2.24) is 13.9 Å². The molecule has 0 spiro atoms. The minimum absolute atomic E-state index is 0.196. The normalized spacial score (nSPS) is 19.4. The number of methoxy groups -OCH3 is 1. The van der Waals surface area contributed by atoms with E-state index in [0.29, 0.717) is 19.5 Å². The number of piperazine rings is 1. The summed E-state index contributed by atoms with van der Waals surface area (Å²) < 4.78 is 30.8. The Hall–Kier alpha value is -1.37. The van der Waals surface area contributed by atoms with Crippen LogP contribution >= 0.6 is 0 Å². The maximum absolute atomic E-state index is 11.8. The molecule has 1 saturated heterocycles. The Morgan fingerprint density at radius 3 is 2.42 bits per heavy atom. The lowest BCUT2D eigenvalue weighted by molar-refractivity contribution is 0.156. The van der Waals surface area contributed by atoms with Crippen molar-refractivity contribution in [2.24, 2.45) is 0 Å². The molecule has 19 heavy (non-hydrogen) atoms. The van der Waals surface area contributed by atoms with Crippen molar-refractivity contribution in [3.8, 4) is 6.07 Å². The van der Waals surface area contributed by atoms with Gasteiger partial charge in [-0.3, -0.25) is 4.90 Å². The zero-order chi connectivity index (χ0) is 14.5. The molecular weight excluding hydrogens is 272 g/mol. The van der Waals surface area contributed by atoms with Gasteiger partial charge in [0, 0.05) is 26.2 Å². The van der Waals surface area contributed by atoms with E-state index in [9.17, 15) is 13.2 Å². The van der Waals surface area contributed by atoms with Crippen LogP contribution in [0.15, 0.2) is 0 Å². The number of ether oxygens (including phenoxy) is 1. The third kappa shape index (κ3) is 4.05. The van der Waals surface area contributed by atoms with Gasteiger partial charge in [0.15, 0.2) is 0 Å². The molecule has 0 radical (unpaired) electrons. The van der Waals surface area contributed by atoms with Gasteiger partial charge in [0.1, 0.15) is 0 Å². The first-order valence-corrected chi connectivity index (χ1v) is 7.38. The maximum atomic E-state index is 11.8. The fourth-order valence-electron chi connectivity index (χ4n) is 1.90. The minimum Gasteiger partial charge on any atom is -0.452 e. The topological polar surface area (TPSA) is 103 Å². The summed E-state index contributed by atoms with van der Waals surface area (Å²) in [5.74, 6) is 0. The zero-order valence-electron chi connectivity index (χ0n) is 11.0. The third-order valence-corrected chi connectivity index (χ3v) is 4.46. The SMILES string of the molecule is CCC(C#N)N1CCN(S(=O)(=O)NC(=O)OC)CC1. The fourth-order valence-corrected chi connectivity index (χ4v) is 2.97. The number of hydrogen-bond donors (Lipinski definition) is 1. The highest BCUT2D eigenvalue weighted by molar-refractivity contribution is 7.87. The molecule has 1 aliphatic rings. The lowest BCUT2D eigenvalue weighted by Crippen LogP contribution is -2.54. The van der Waals surface area contributed by atoms with Gasteiger partial charge in [0.05, 0.1) is 19.2 Å². The Kier molecular flexibility index (Phi) is 5.53. The molecule has 9 heteroatoms. The van der Waals surface area contributed by atoms with Crippen LogP contribution in [-0.4, -0.2) is 63.0 Å². The summed E-state index contributed by atoms with van der Waals surface area (Å²) >= 11 is 0. The van der Waals surface area contributed by atoms with Crippen LogP contribution in [0.2, 0.25) is 0 Å². The number of hydrogen-bond acceptors (Lipinski definition) is 6. The van der Waals surface area contributed by atoms with Crippen LogP contribution in [0.25, 0.3) is 0 Å². The zero-order valence-corrected chi connectivity index (χ0v) is 11.8. The van der Waals surface area contributed by atoms with Gasteiger partial charge in [-0.2, -0.15) is 18.0 Å². The van der Waals surface area contributed by atoms with E-state index in [1.165, 1.54) is 4.31 Å². The van der Waals surface area contributed by atoms with Gasteiger partial charge in [-0.1, -0.05) is 6.92 Å². The van der Waals surface area contributed by atoms with Crippen LogP contribution in [0.4, 0.5) is 4.79 Å². The van der Waals surface area contributed by atoms with E-state index in [0.717, 1.165) is 7.11 Å². The Labute approximate surface area is 113 Å². The molecule has 8 nitrogen and oxygen atoms in total. The van der Waals surface area contributed by atoms with E-state index < -0.39 is 16.3 Å². The summed E-state index contributed by atoms with van der Waals surface area (Å²) in [5, 5.41) is 8.96. The monoisotopic (exact) mass is 290 g/mol. The van der Waals surface area contributed by atoms with Gasteiger partial charge < -0.3 is 4.74 Å². The molecular formula is C10H18N4O4S. The van der Waals surface area contributed by atoms with Crippen molar-refractivity contribution in [2.75, 3.05) is 33.3 Å². The van der Waals surface area contributed by atoms with Gasteiger partial charge in [-0.15, -0.1) is 0 Å². The maximum Gasteiger partial charge on any atom is 0.421 e. The predicted molar refractivity (Wildman–Crippen MR) is 67.3 cm³/mol. The molecule has 1 unspecified atom stereocenters. The first-order chi connectivity index (χ1) is 8.94. The first kappa shape index (κ1) is 15.7. The summed E-state index contributed by atoms with van der Waals surface area (Å²) in [5.41, 5.74) is 0. The molecule has 1 amide bonds. The number of carbonyl (C=O) groups excluding carboxylic acids is 1. The summed E-state index contributed by atoms with van der Waals surface area (Å²) in [7, 11) is -2.76. The molecule has 0 aliphatic carbocycles. The summed E-state index contributed by atoms with van der Waals surface area (Å²) in [4.78, 5) is 12.9. The number of nitrogens with one attached hydrogen (secondary N) is 1. The van der Waals surface area contributed by atoms with E-state index in [2.05, 4.69) is 10.8 Å². The Bertz CT molecular complexity index is 451. The van der Waals surface area contributed by atoms with E-state index in [1.54, 1.807) is 4.72 Å². The van der Waals surface area contributed by atoms with E-state index >= 15 is 0 Å². The third-order valence-electron chi connectivity index (χ3n) is 2.99. The Morgan fingerprint density at radius 2 is 2.00 bits per heavy atom. The highest BCUT2D eigenvalue weighted by Gasteiger charge is 2.30. The Balaban J connectivity index is 2.59. The molecule has 0 aromatic heterocycles. The number of carbonyl (C=O) groups is 1. The van der Waals surface area contributed by atoms with Gasteiger partial charge in [0.2, 0.25) is 0 Å². The van der Waals surface area contributed by atoms with Crippen LogP contribution < -0.4 is 4.72 Å². The van der Waals surface area contributed by atoms with Gasteiger partial charge >= 0.3 is 16.3 Å². The van der Waals surface area contributed by atoms with E-state index in [1.807, 2.05) is 11.8 Å². The van der Waals surface area contributed by atoms with Gasteiger partial charge in [-0.05, 0) is 6.42 Å². The molecule has 108 valence electrons. The average molecular weight is 290 g/mol. The van der Waals surface area contributed by atoms with Crippen LogP contribution in [0.3, 0.4) is 0 Å². The van der Waals surface area contributed by atoms with Crippen LogP contribution in [-0.2, 0) is 14.9 Å². The van der Waals surface area contributed by atoms with Gasteiger partial charge in [-0.25, -0.2) is 9.52 Å². The van der Waals surface area contributed by atoms with Crippen molar-refractivity contribution >= 4 is 16.3 Å². The van der Waals surface area contributed by atoms with Crippen molar-refractivity contribution in [1.29, 1.82) is 5.26 Å². The smallest absolute Gasteiger partial charge is 0.421 e. The highest BCUT2D eigenvalue weighted by atomic mass is 32.2. The van der Waals surface area contributed by atoms with Crippen molar-refractivity contribution in [3.05, 3.63) is 0 Å². The number of nitriles is 1. The largest absolute Gasteiger partial charge is 0.452 e. The standard InChI is InChI=1S/C10H18N4O4S/c1-3-9(8-11)13-4-6-14(7-5-13)19(16,17)12-10(15)18-2/h9H,3-7H2,1-2H3,(H,12,15). The predicted octanol–water partition coefficient (Wildman–Crippen LogP) is -0.493. The second-order valence-corrected chi connectivity index (χ2v) is 5.76. The lowest BCUT2D eigenvalue weighted by atomic mass is 10.2. The summed E-state index contributed by atoms with van der Waals surface area (Å²) in [6, 6.07) is 1.99. The minimum atomic E-state index is -3.86. The summed E-state index contributed by atoms with van der Waals surface area (Å²) in [6.45, 7) is 3.33. The van der Waals surface area contributed by atoms with E-state index in [4.69, 9.17) is 5.26 Å². The second kappa shape index (κ2) is 6.70. The number of amides is 1. The quantitative estimate of drug-likeness (QED) is 0.749. The molecule has 0 aromatic rings. The number of nitrogens with zero attached hydrogens (tertiary/aromatic N) is 3. The molecule has 1 atom stereocenters. The molecule has 1 N–H and O–H groups in total. The lowest BCUT2D eigenvalue weighted by Gasteiger charge is -2.35. The van der Waals surface area contributed by atoms with E-state index in [-0.39, 0.29) is 19.1 Å². The Morgan fingerprint density at radius 1 is 1.42 bits per heavy atom. The van der Waals surface area contributed by atoms with Crippen molar-refractivity contribution in [3.63, 3.8) is 0 Å². The fraction of sp³-hybridized carbons (Fsp3) is 0.800. The molecule has 1 aliphatic heterocycles. The highest BCUT2D eigenvalue weighted by Crippen LogP contribution is 2.11. The molecule has 0 bridgehead atoms. The van der Waals surface area contributed by atoms with Crippen LogP contribution in [0, 0.1) is 11.3 Å². The van der Waals surface area contributed by atoms with Crippen molar-refractivity contribution < 1.29 is 17.9 Å². The molecule has 1 rings (SSSR count). The summed E-state index contributed by atoms with van der Waals surface area (Å²) in [6.07, 6.45) is -0.310. The second-order valence-electron chi connectivity index (χ2n) is 4.09. The molecule has 1 fully saturated rings.